The molecule has 3 heteroatoms. The fourth-order valence-corrected chi connectivity index (χ4v) is 6.14. The van der Waals surface area contributed by atoms with Crippen LogP contribution in [-0.4, -0.2) is 9.55 Å². The van der Waals surface area contributed by atoms with E-state index in [-0.39, 0.29) is 0 Å². The lowest BCUT2D eigenvalue weighted by molar-refractivity contribution is 1.11. The molecule has 0 N–H and O–H groups in total. The molecule has 0 spiro atoms. The quantitative estimate of drug-likeness (QED) is 0.239. The molecule has 0 aliphatic heterocycles. The Hall–Kier alpha value is -4.47. The predicted octanol–water partition coefficient (Wildman–Crippen LogP) is 9.55. The third-order valence-corrected chi connectivity index (χ3v) is 7.83. The fourth-order valence-electron chi connectivity index (χ4n) is 5.22. The van der Waals surface area contributed by atoms with Gasteiger partial charge < -0.3 is 0 Å². The number of aromatic nitrogens is 2. The van der Waals surface area contributed by atoms with Gasteiger partial charge in [-0.2, -0.15) is 0 Å². The monoisotopic (exact) mass is 493 g/mol. The summed E-state index contributed by atoms with van der Waals surface area (Å²) in [7, 11) is 0. The fraction of sp³-hybridized carbons (Fsp3) is 0.0294. The number of hydrogen-bond acceptors (Lipinski definition) is 2. The van der Waals surface area contributed by atoms with E-state index in [1.165, 1.54) is 5.56 Å². The first kappa shape index (κ1) is 20.7. The molecule has 37 heavy (non-hydrogen) atoms. The predicted molar refractivity (Wildman–Crippen MR) is 157 cm³/mol. The first-order chi connectivity index (χ1) is 18.7. The lowest BCUT2D eigenvalue weighted by Crippen LogP contribution is -2.03. The van der Waals surface area contributed by atoms with Gasteiger partial charge in [0.15, 0.2) is 0 Å². The highest BCUT2D eigenvalue weighted by Crippen LogP contribution is 2.43. The Morgan fingerprint density at radius 1 is 0.703 bits per heavy atom. The number of thiophene rings is 1. The van der Waals surface area contributed by atoms with Gasteiger partial charge in [0, 0.05) is 32.2 Å². The third-order valence-electron chi connectivity index (χ3n) is 6.87. The number of hydrogen-bond donors (Lipinski definition) is 0. The molecule has 0 amide bonds. The Balaban J connectivity index is 1.65. The van der Waals surface area contributed by atoms with Crippen molar-refractivity contribution in [2.45, 2.75) is 6.92 Å². The number of para-hydroxylation sites is 2. The second-order valence-electron chi connectivity index (χ2n) is 9.27. The second kappa shape index (κ2) is 8.88. The van der Waals surface area contributed by atoms with Crippen LogP contribution in [0.1, 0.15) is 6.93 Å². The third kappa shape index (κ3) is 3.67. The molecule has 0 aliphatic carbocycles. The lowest BCUT2D eigenvalue weighted by atomic mass is 9.93. The van der Waals surface area contributed by atoms with Gasteiger partial charge in [0.25, 0.3) is 0 Å². The van der Waals surface area contributed by atoms with E-state index in [1.54, 1.807) is 11.3 Å². The molecule has 5 aromatic carbocycles. The minimum atomic E-state index is 0.505. The smallest absolute Gasteiger partial charge is 0.147 e. The number of rotatable bonds is 4. The van der Waals surface area contributed by atoms with Gasteiger partial charge in [0.1, 0.15) is 5.82 Å². The number of nitrogens with zero attached hydrogens (tertiary/aromatic N) is 2. The van der Waals surface area contributed by atoms with E-state index in [9.17, 15) is 0 Å². The molecule has 7 rings (SSSR count). The van der Waals surface area contributed by atoms with Gasteiger partial charge >= 0.3 is 0 Å². The summed E-state index contributed by atoms with van der Waals surface area (Å²) in [6.07, 6.45) is 0. The van der Waals surface area contributed by atoms with Gasteiger partial charge in [-0.1, -0.05) is 91.0 Å². The molecule has 0 bridgehead atoms. The molecule has 0 saturated carbocycles. The summed E-state index contributed by atoms with van der Waals surface area (Å²) in [4.78, 5) is 5.21. The summed E-state index contributed by atoms with van der Waals surface area (Å²) in [5.74, 6) is 0.890. The molecular formula is C34H24N2S. The highest BCUT2D eigenvalue weighted by atomic mass is 32.1. The molecule has 2 nitrogen and oxygen atoms in total. The van der Waals surface area contributed by atoms with Gasteiger partial charge in [0.2, 0.25) is 0 Å². The summed E-state index contributed by atoms with van der Waals surface area (Å²) < 4.78 is 11.8. The van der Waals surface area contributed by atoms with E-state index < -0.39 is 0 Å². The summed E-state index contributed by atoms with van der Waals surface area (Å²) in [6, 6.07) is 40.5. The van der Waals surface area contributed by atoms with Gasteiger partial charge in [-0.15, -0.1) is 11.3 Å². The zero-order valence-electron chi connectivity index (χ0n) is 21.3. The summed E-state index contributed by atoms with van der Waals surface area (Å²) in [6.45, 7) is 2.16. The topological polar surface area (TPSA) is 17.8 Å². The van der Waals surface area contributed by atoms with Gasteiger partial charge in [-0.25, -0.2) is 4.98 Å². The molecule has 2 aromatic heterocycles. The molecule has 0 aliphatic rings. The maximum Gasteiger partial charge on any atom is 0.147 e. The maximum atomic E-state index is 8.29. The van der Waals surface area contributed by atoms with Crippen LogP contribution in [0.2, 0.25) is 0 Å². The van der Waals surface area contributed by atoms with Gasteiger partial charge in [-0.05, 0) is 53.9 Å². The van der Waals surface area contributed by atoms with Crippen LogP contribution < -0.4 is 0 Å². The van der Waals surface area contributed by atoms with E-state index in [0.29, 0.717) is 6.04 Å². The van der Waals surface area contributed by atoms with E-state index in [0.717, 1.165) is 60.4 Å². The average molecular weight is 494 g/mol. The van der Waals surface area contributed by atoms with Crippen LogP contribution in [0.15, 0.2) is 127 Å². The van der Waals surface area contributed by atoms with Gasteiger partial charge in [-0.3, -0.25) is 4.57 Å². The number of aryl methyl sites for hydroxylation is 1. The Bertz CT molecular complexity index is 1870. The number of fused-ring (bicyclic) bond motifs is 2. The largest absolute Gasteiger partial charge is 0.291 e. The molecular weight excluding hydrogens is 468 g/mol. The highest BCUT2D eigenvalue weighted by molar-refractivity contribution is 7.17. The summed E-state index contributed by atoms with van der Waals surface area (Å²) >= 11 is 1.70. The van der Waals surface area contributed by atoms with Crippen molar-refractivity contribution in [3.63, 3.8) is 0 Å². The SMILES string of the molecule is [2H]c1ccc2scc(-c3nc4ccccc4n3-c3c(-c4ccccc4)cc(C)cc3-c3ccccc3)c2c1. The van der Waals surface area contributed by atoms with Crippen LogP contribution in [0, 0.1) is 6.92 Å². The van der Waals surface area contributed by atoms with Crippen LogP contribution >= 0.6 is 11.3 Å². The molecule has 0 atom stereocenters. The number of benzene rings is 5. The van der Waals surface area contributed by atoms with E-state index in [4.69, 9.17) is 6.35 Å². The Morgan fingerprint density at radius 3 is 2.05 bits per heavy atom. The van der Waals surface area contributed by atoms with Crippen molar-refractivity contribution >= 4 is 32.5 Å². The van der Waals surface area contributed by atoms with Gasteiger partial charge in [0.05, 0.1) is 18.1 Å². The molecule has 2 heterocycles. The van der Waals surface area contributed by atoms with E-state index in [2.05, 4.69) is 108 Å². The highest BCUT2D eigenvalue weighted by Gasteiger charge is 2.23. The van der Waals surface area contributed by atoms with Crippen molar-refractivity contribution in [2.24, 2.45) is 0 Å². The van der Waals surface area contributed by atoms with Crippen molar-refractivity contribution in [3.05, 3.63) is 132 Å². The Morgan fingerprint density at radius 2 is 1.35 bits per heavy atom. The number of imidazole rings is 1. The van der Waals surface area contributed by atoms with Crippen molar-refractivity contribution in [3.8, 4) is 39.3 Å². The van der Waals surface area contributed by atoms with Crippen molar-refractivity contribution in [2.75, 3.05) is 0 Å². The van der Waals surface area contributed by atoms with Crippen LogP contribution in [0.25, 0.3) is 60.4 Å². The average Bonchev–Trinajstić information content (AvgIpc) is 3.54. The van der Waals surface area contributed by atoms with Crippen LogP contribution in [0.5, 0.6) is 0 Å². The van der Waals surface area contributed by atoms with E-state index >= 15 is 0 Å². The van der Waals surface area contributed by atoms with Crippen molar-refractivity contribution < 1.29 is 1.37 Å². The summed E-state index contributed by atoms with van der Waals surface area (Å²) in [5, 5.41) is 3.24. The molecule has 176 valence electrons. The molecule has 0 unspecified atom stereocenters. The molecule has 0 radical (unpaired) electrons. The Labute approximate surface area is 221 Å². The zero-order valence-corrected chi connectivity index (χ0v) is 21.2. The second-order valence-corrected chi connectivity index (χ2v) is 10.2. The molecule has 0 saturated heterocycles. The van der Waals surface area contributed by atoms with E-state index in [1.807, 2.05) is 24.3 Å². The minimum Gasteiger partial charge on any atom is -0.291 e. The summed E-state index contributed by atoms with van der Waals surface area (Å²) in [5.41, 5.74) is 10.0. The zero-order chi connectivity index (χ0) is 25.6. The maximum absolute atomic E-state index is 8.29. The van der Waals surface area contributed by atoms with Crippen LogP contribution in [0.4, 0.5) is 0 Å². The minimum absolute atomic E-state index is 0.505. The molecule has 7 aromatic rings. The van der Waals surface area contributed by atoms with Crippen LogP contribution in [0.3, 0.4) is 0 Å². The van der Waals surface area contributed by atoms with Crippen molar-refractivity contribution in [1.82, 2.24) is 9.55 Å². The first-order valence-corrected chi connectivity index (χ1v) is 13.3. The normalized spacial score (nSPS) is 11.8. The lowest BCUT2D eigenvalue weighted by Gasteiger charge is -2.20. The Kier molecular flexibility index (Phi) is 4.97. The molecule has 0 fully saturated rings. The first-order valence-electron chi connectivity index (χ1n) is 12.9. The van der Waals surface area contributed by atoms with Crippen LogP contribution in [-0.2, 0) is 0 Å². The van der Waals surface area contributed by atoms with Crippen molar-refractivity contribution in [1.29, 1.82) is 0 Å². The standard InChI is InChI=1S/C34H24N2S/c1-23-20-27(24-12-4-2-5-13-24)33(28(21-23)25-14-6-3-7-15-25)36-31-18-10-9-17-30(31)35-34(36)29-22-37-32-19-11-8-16-26(29)32/h2-22H,1H3/i8D.